The van der Waals surface area contributed by atoms with Crippen LogP contribution in [0.15, 0.2) is 35.3 Å². The molecule has 1 atom stereocenters. The number of aliphatic hydroxyl groups excluding tert-OH is 1. The van der Waals surface area contributed by atoms with E-state index in [1.807, 2.05) is 26.2 Å². The first-order valence-electron chi connectivity index (χ1n) is 12.7. The van der Waals surface area contributed by atoms with Crippen LogP contribution in [0.2, 0.25) is 0 Å². The molecule has 1 aliphatic rings. The van der Waals surface area contributed by atoms with E-state index in [0.29, 0.717) is 11.8 Å². The van der Waals surface area contributed by atoms with Crippen molar-refractivity contribution in [3.8, 4) is 11.3 Å². The number of H-pyrrole nitrogens is 1. The Morgan fingerprint density at radius 2 is 1.82 bits per heavy atom. The molecular formula is C29H41N3O2. The zero-order chi connectivity index (χ0) is 24.8. The number of nitrogens with zero attached hydrogens (tertiary/aromatic N) is 2. The predicted octanol–water partition coefficient (Wildman–Crippen LogP) is 5.55. The van der Waals surface area contributed by atoms with Crippen LogP contribution in [0, 0.1) is 12.3 Å². The smallest absolute Gasteiger partial charge is 0.253 e. The number of nitrogens with one attached hydrogen (secondary N) is 1. The van der Waals surface area contributed by atoms with Gasteiger partial charge in [0.1, 0.15) is 0 Å². The summed E-state index contributed by atoms with van der Waals surface area (Å²) in [5.41, 5.74) is 6.79. The largest absolute Gasteiger partial charge is 0.391 e. The summed E-state index contributed by atoms with van der Waals surface area (Å²) in [4.78, 5) is 18.3. The average Bonchev–Trinajstić information content (AvgIpc) is 3.16. The van der Waals surface area contributed by atoms with Crippen molar-refractivity contribution in [1.29, 1.82) is 0 Å². The molecule has 3 aromatic rings. The molecule has 0 bridgehead atoms. The number of β-amino-alcohol motifs (C(OH)–C–C–N with tert-alkyl or cyclic N) is 1. The summed E-state index contributed by atoms with van der Waals surface area (Å²) in [6, 6.07) is 8.90. The number of fused-ring (bicyclic) bond motifs is 1. The molecule has 1 aliphatic heterocycles. The van der Waals surface area contributed by atoms with Crippen LogP contribution in [-0.4, -0.2) is 45.3 Å². The fourth-order valence-electron chi connectivity index (χ4n) is 5.29. The first kappa shape index (κ1) is 24.7. The lowest BCUT2D eigenvalue weighted by Gasteiger charge is -2.36. The first-order chi connectivity index (χ1) is 16.0. The molecule has 0 spiro atoms. The molecule has 1 fully saturated rings. The standard InChI is InChI=1S/C29H41N3O2/c1-18(2)26-23-15-21(20-10-12-32(13-11-20)17-25(33)29(4,5)6)8-9-24(23)30-27(26)22-14-19(3)28(34)31(7)16-22/h8-9,14-16,18,20,25,30,33H,10-13,17H2,1-7H3. The number of aliphatic hydroxyl groups is 1. The van der Waals surface area contributed by atoms with Gasteiger partial charge in [0, 0.05) is 41.8 Å². The lowest BCUT2D eigenvalue weighted by molar-refractivity contribution is 0.0219. The maximum Gasteiger partial charge on any atom is 0.253 e. The number of rotatable bonds is 5. The second kappa shape index (κ2) is 9.35. The van der Waals surface area contributed by atoms with Gasteiger partial charge >= 0.3 is 0 Å². The summed E-state index contributed by atoms with van der Waals surface area (Å²) in [5, 5.41) is 11.8. The van der Waals surface area contributed by atoms with Crippen molar-refractivity contribution in [3.05, 3.63) is 57.5 Å². The summed E-state index contributed by atoms with van der Waals surface area (Å²) in [7, 11) is 1.82. The maximum atomic E-state index is 12.2. The number of piperidine rings is 1. The molecule has 0 amide bonds. The normalized spacial score (nSPS) is 17.1. The summed E-state index contributed by atoms with van der Waals surface area (Å²) in [6.45, 7) is 15.5. The molecule has 0 saturated carbocycles. The van der Waals surface area contributed by atoms with E-state index in [-0.39, 0.29) is 17.1 Å². The number of benzene rings is 1. The number of hydrogen-bond donors (Lipinski definition) is 2. The SMILES string of the molecule is Cc1cc(-c2[nH]c3ccc(C4CCN(CC(O)C(C)(C)C)CC4)cc3c2C(C)C)cn(C)c1=O. The van der Waals surface area contributed by atoms with Gasteiger partial charge < -0.3 is 19.6 Å². The summed E-state index contributed by atoms with van der Waals surface area (Å²) < 4.78 is 1.68. The van der Waals surface area contributed by atoms with Gasteiger partial charge in [0.05, 0.1) is 11.8 Å². The molecule has 2 N–H and O–H groups in total. The Morgan fingerprint density at radius 3 is 2.41 bits per heavy atom. The fraction of sp³-hybridized carbons (Fsp3) is 0.552. The molecule has 3 heterocycles. The first-order valence-corrected chi connectivity index (χ1v) is 12.7. The van der Waals surface area contributed by atoms with E-state index >= 15 is 0 Å². The average molecular weight is 464 g/mol. The zero-order valence-corrected chi connectivity index (χ0v) is 21.9. The molecule has 34 heavy (non-hydrogen) atoms. The highest BCUT2D eigenvalue weighted by Gasteiger charge is 2.28. The van der Waals surface area contributed by atoms with Gasteiger partial charge in [0.2, 0.25) is 0 Å². The topological polar surface area (TPSA) is 61.3 Å². The van der Waals surface area contributed by atoms with Gasteiger partial charge in [-0.25, -0.2) is 0 Å². The molecule has 5 nitrogen and oxygen atoms in total. The molecule has 0 radical (unpaired) electrons. The predicted molar refractivity (Wildman–Crippen MR) is 142 cm³/mol. The molecule has 2 aromatic heterocycles. The Labute approximate surface area is 203 Å². The van der Waals surface area contributed by atoms with Crippen LogP contribution in [-0.2, 0) is 7.05 Å². The second-order valence-electron chi connectivity index (χ2n) is 11.7. The highest BCUT2D eigenvalue weighted by Crippen LogP contribution is 2.38. The van der Waals surface area contributed by atoms with Crippen molar-refractivity contribution in [1.82, 2.24) is 14.5 Å². The number of likely N-dealkylation sites (tertiary alicyclic amines) is 1. The minimum absolute atomic E-state index is 0.0506. The van der Waals surface area contributed by atoms with Crippen molar-refractivity contribution >= 4 is 10.9 Å². The van der Waals surface area contributed by atoms with Crippen LogP contribution in [0.3, 0.4) is 0 Å². The summed E-state index contributed by atoms with van der Waals surface area (Å²) >= 11 is 0. The molecule has 1 saturated heterocycles. The van der Waals surface area contributed by atoms with Crippen molar-refractivity contribution in [2.45, 2.75) is 72.3 Å². The Morgan fingerprint density at radius 1 is 1.15 bits per heavy atom. The molecule has 184 valence electrons. The zero-order valence-electron chi connectivity index (χ0n) is 21.9. The number of hydrogen-bond acceptors (Lipinski definition) is 3. The van der Waals surface area contributed by atoms with Crippen LogP contribution in [0.25, 0.3) is 22.2 Å². The molecule has 4 rings (SSSR count). The number of pyridine rings is 1. The van der Waals surface area contributed by atoms with Crippen LogP contribution >= 0.6 is 0 Å². The van der Waals surface area contributed by atoms with Crippen molar-refractivity contribution < 1.29 is 5.11 Å². The number of aryl methyl sites for hydroxylation is 2. The van der Waals surface area contributed by atoms with E-state index in [1.165, 1.54) is 16.5 Å². The molecule has 5 heteroatoms. The third-order valence-electron chi connectivity index (χ3n) is 7.58. The monoisotopic (exact) mass is 463 g/mol. The van der Waals surface area contributed by atoms with Gasteiger partial charge in [-0.2, -0.15) is 0 Å². The van der Waals surface area contributed by atoms with E-state index in [1.54, 1.807) is 4.57 Å². The van der Waals surface area contributed by atoms with E-state index in [4.69, 9.17) is 0 Å². The lowest BCUT2D eigenvalue weighted by atomic mass is 9.86. The Hall–Kier alpha value is -2.37. The van der Waals surface area contributed by atoms with Gasteiger partial charge in [-0.15, -0.1) is 0 Å². The van der Waals surface area contributed by atoms with Crippen LogP contribution < -0.4 is 5.56 Å². The number of aromatic amines is 1. The van der Waals surface area contributed by atoms with Gasteiger partial charge in [0.15, 0.2) is 0 Å². The third-order valence-corrected chi connectivity index (χ3v) is 7.58. The van der Waals surface area contributed by atoms with Crippen LogP contribution in [0.5, 0.6) is 0 Å². The lowest BCUT2D eigenvalue weighted by Crippen LogP contribution is -2.42. The summed E-state index contributed by atoms with van der Waals surface area (Å²) in [6.07, 6.45) is 3.88. The summed E-state index contributed by atoms with van der Waals surface area (Å²) in [5.74, 6) is 0.905. The fourth-order valence-corrected chi connectivity index (χ4v) is 5.29. The van der Waals surface area contributed by atoms with Crippen LogP contribution in [0.1, 0.15) is 76.0 Å². The van der Waals surface area contributed by atoms with Gasteiger partial charge in [0.25, 0.3) is 5.56 Å². The maximum absolute atomic E-state index is 12.2. The van der Waals surface area contributed by atoms with Crippen molar-refractivity contribution in [2.24, 2.45) is 12.5 Å². The van der Waals surface area contributed by atoms with Gasteiger partial charge in [-0.1, -0.05) is 40.7 Å². The number of aromatic nitrogens is 2. The quantitative estimate of drug-likeness (QED) is 0.521. The molecular weight excluding hydrogens is 422 g/mol. The van der Waals surface area contributed by atoms with Gasteiger partial charge in [-0.05, 0) is 79.4 Å². The van der Waals surface area contributed by atoms with Crippen molar-refractivity contribution in [3.63, 3.8) is 0 Å². The van der Waals surface area contributed by atoms with Crippen LogP contribution in [0.4, 0.5) is 0 Å². The molecule has 1 unspecified atom stereocenters. The highest BCUT2D eigenvalue weighted by atomic mass is 16.3. The minimum Gasteiger partial charge on any atom is -0.391 e. The third kappa shape index (κ3) is 4.87. The van der Waals surface area contributed by atoms with Crippen molar-refractivity contribution in [2.75, 3.05) is 19.6 Å². The Bertz CT molecular complexity index is 1190. The molecule has 0 aliphatic carbocycles. The van der Waals surface area contributed by atoms with E-state index < -0.39 is 0 Å². The van der Waals surface area contributed by atoms with E-state index in [0.717, 1.165) is 54.8 Å². The highest BCUT2D eigenvalue weighted by molar-refractivity contribution is 5.92. The Balaban J connectivity index is 1.61. The van der Waals surface area contributed by atoms with E-state index in [2.05, 4.69) is 62.7 Å². The molecule has 1 aromatic carbocycles. The second-order valence-corrected chi connectivity index (χ2v) is 11.7. The minimum atomic E-state index is -0.298. The van der Waals surface area contributed by atoms with Gasteiger partial charge in [-0.3, -0.25) is 4.79 Å². The van der Waals surface area contributed by atoms with E-state index in [9.17, 15) is 9.90 Å². The Kier molecular flexibility index (Phi) is 6.80.